The lowest BCUT2D eigenvalue weighted by Crippen LogP contribution is -2.43. The second kappa shape index (κ2) is 9.11. The van der Waals surface area contributed by atoms with Gasteiger partial charge in [0.1, 0.15) is 16.8 Å². The van der Waals surface area contributed by atoms with Crippen molar-refractivity contribution in [1.82, 2.24) is 14.5 Å². The van der Waals surface area contributed by atoms with Crippen molar-refractivity contribution in [2.75, 3.05) is 33.8 Å². The number of carbonyl (C=O) groups is 3. The van der Waals surface area contributed by atoms with Crippen molar-refractivity contribution in [3.8, 4) is 0 Å². The Morgan fingerprint density at radius 3 is 2.61 bits per heavy atom. The highest BCUT2D eigenvalue weighted by Gasteiger charge is 2.41. The van der Waals surface area contributed by atoms with Gasteiger partial charge in [-0.2, -0.15) is 4.31 Å². The summed E-state index contributed by atoms with van der Waals surface area (Å²) >= 11 is 0. The molecule has 0 radical (unpaired) electrons. The quantitative estimate of drug-likeness (QED) is 0.613. The van der Waals surface area contributed by atoms with Crippen molar-refractivity contribution < 1.29 is 31.9 Å². The number of hydrogen-bond acceptors (Lipinski definition) is 6. The van der Waals surface area contributed by atoms with Gasteiger partial charge in [-0.25, -0.2) is 12.8 Å². The molecule has 2 amide bonds. The summed E-state index contributed by atoms with van der Waals surface area (Å²) < 4.78 is 45.1. The van der Waals surface area contributed by atoms with Gasteiger partial charge in [-0.05, 0) is 25.0 Å². The van der Waals surface area contributed by atoms with Gasteiger partial charge in [-0.15, -0.1) is 0 Å². The molecule has 0 aromatic heterocycles. The molecule has 0 aliphatic carbocycles. The summed E-state index contributed by atoms with van der Waals surface area (Å²) in [5.74, 6) is -2.83. The van der Waals surface area contributed by atoms with Gasteiger partial charge in [0.05, 0.1) is 6.54 Å². The van der Waals surface area contributed by atoms with Crippen LogP contribution in [0.4, 0.5) is 4.39 Å². The van der Waals surface area contributed by atoms with E-state index in [0.717, 1.165) is 16.4 Å². The first kappa shape index (κ1) is 21.8. The van der Waals surface area contributed by atoms with Crippen LogP contribution < -0.4 is 5.32 Å². The van der Waals surface area contributed by atoms with Crippen molar-refractivity contribution in [2.45, 2.75) is 23.8 Å². The number of benzene rings is 1. The number of nitrogens with one attached hydrogen (secondary N) is 1. The molecule has 0 spiro atoms. The Bertz CT molecular complexity index is 858. The molecule has 0 saturated carbocycles. The lowest BCUT2D eigenvalue weighted by atomic mass is 10.2. The van der Waals surface area contributed by atoms with Crippen LogP contribution in [-0.2, 0) is 29.1 Å². The first-order chi connectivity index (χ1) is 13.1. The monoisotopic (exact) mass is 415 g/mol. The Balaban J connectivity index is 1.99. The van der Waals surface area contributed by atoms with Crippen LogP contribution in [0.25, 0.3) is 0 Å². The van der Waals surface area contributed by atoms with Gasteiger partial charge in [-0.3, -0.25) is 14.4 Å². The second-order valence-corrected chi connectivity index (χ2v) is 8.24. The molecular formula is C17H22FN3O6S. The maximum Gasteiger partial charge on any atom is 0.324 e. The van der Waals surface area contributed by atoms with Crippen molar-refractivity contribution in [1.29, 1.82) is 0 Å². The number of ether oxygens (including phenoxy) is 1. The van der Waals surface area contributed by atoms with Crippen LogP contribution in [-0.4, -0.2) is 75.2 Å². The second-order valence-electron chi connectivity index (χ2n) is 6.38. The molecule has 1 fully saturated rings. The highest BCUT2D eigenvalue weighted by Crippen LogP contribution is 2.28. The standard InChI is InChI=1S/C17H22FN3O6S/c1-20(2)16(23)10-19-15(22)11-27-17(24)13-7-5-9-21(13)28(25,26)14-8-4-3-6-12(14)18/h3-4,6,8,13H,5,7,9-11H2,1-2H3,(H,19,22)/t13-/m0/s1. The zero-order chi connectivity index (χ0) is 20.9. The van der Waals surface area contributed by atoms with E-state index in [1.165, 1.54) is 31.1 Å². The zero-order valence-corrected chi connectivity index (χ0v) is 16.4. The minimum atomic E-state index is -4.23. The van der Waals surface area contributed by atoms with Crippen LogP contribution in [0.2, 0.25) is 0 Å². The number of likely N-dealkylation sites (N-methyl/N-ethyl adjacent to an activating group) is 1. The molecule has 1 heterocycles. The molecule has 2 rings (SSSR count). The Morgan fingerprint density at radius 1 is 1.29 bits per heavy atom. The molecule has 0 bridgehead atoms. The average molecular weight is 415 g/mol. The predicted octanol–water partition coefficient (Wildman–Crippen LogP) is -0.274. The number of halogens is 1. The van der Waals surface area contributed by atoms with E-state index in [-0.39, 0.29) is 25.4 Å². The summed E-state index contributed by atoms with van der Waals surface area (Å²) in [6.45, 7) is -0.857. The van der Waals surface area contributed by atoms with E-state index < -0.39 is 45.3 Å². The first-order valence-corrected chi connectivity index (χ1v) is 9.98. The van der Waals surface area contributed by atoms with Gasteiger partial charge in [0.15, 0.2) is 6.61 Å². The normalized spacial score (nSPS) is 17.2. The summed E-state index contributed by atoms with van der Waals surface area (Å²) in [7, 11) is -1.17. The third kappa shape index (κ3) is 5.04. The number of amides is 2. The molecule has 1 aromatic rings. The van der Waals surface area contributed by atoms with E-state index in [9.17, 15) is 27.2 Å². The van der Waals surface area contributed by atoms with Crippen LogP contribution in [0.3, 0.4) is 0 Å². The smallest absolute Gasteiger partial charge is 0.324 e. The van der Waals surface area contributed by atoms with Crippen molar-refractivity contribution in [3.05, 3.63) is 30.1 Å². The largest absolute Gasteiger partial charge is 0.454 e. The van der Waals surface area contributed by atoms with E-state index in [2.05, 4.69) is 5.32 Å². The lowest BCUT2D eigenvalue weighted by Gasteiger charge is -2.22. The summed E-state index contributed by atoms with van der Waals surface area (Å²) in [5, 5.41) is 2.30. The van der Waals surface area contributed by atoms with Gasteiger partial charge < -0.3 is 15.0 Å². The van der Waals surface area contributed by atoms with Crippen molar-refractivity contribution >= 4 is 27.8 Å². The maximum absolute atomic E-state index is 13.9. The number of sulfonamides is 1. The zero-order valence-electron chi connectivity index (χ0n) is 15.6. The number of nitrogens with zero attached hydrogens (tertiary/aromatic N) is 2. The predicted molar refractivity (Wildman–Crippen MR) is 96.0 cm³/mol. The molecule has 1 N–H and O–H groups in total. The van der Waals surface area contributed by atoms with Gasteiger partial charge >= 0.3 is 5.97 Å². The third-order valence-corrected chi connectivity index (χ3v) is 6.12. The van der Waals surface area contributed by atoms with E-state index in [1.54, 1.807) is 0 Å². The Labute approximate surface area is 162 Å². The van der Waals surface area contributed by atoms with E-state index in [1.807, 2.05) is 0 Å². The summed E-state index contributed by atoms with van der Waals surface area (Å²) in [5.41, 5.74) is 0. The molecule has 28 heavy (non-hydrogen) atoms. The summed E-state index contributed by atoms with van der Waals surface area (Å²) in [4.78, 5) is 36.2. The third-order valence-electron chi connectivity index (χ3n) is 4.18. The molecule has 1 aliphatic rings. The van der Waals surface area contributed by atoms with E-state index in [4.69, 9.17) is 4.74 Å². The van der Waals surface area contributed by atoms with Crippen LogP contribution in [0.1, 0.15) is 12.8 Å². The van der Waals surface area contributed by atoms with Crippen LogP contribution in [0.15, 0.2) is 29.2 Å². The molecule has 1 aliphatic heterocycles. The summed E-state index contributed by atoms with van der Waals surface area (Å²) in [6, 6.07) is 3.76. The topological polar surface area (TPSA) is 113 Å². The molecule has 154 valence electrons. The Hall–Kier alpha value is -2.53. The lowest BCUT2D eigenvalue weighted by molar-refractivity contribution is -0.151. The first-order valence-electron chi connectivity index (χ1n) is 8.54. The molecule has 11 heteroatoms. The highest BCUT2D eigenvalue weighted by atomic mass is 32.2. The molecule has 0 unspecified atom stereocenters. The number of esters is 1. The fourth-order valence-corrected chi connectivity index (χ4v) is 4.37. The molecule has 1 atom stereocenters. The average Bonchev–Trinajstić information content (AvgIpc) is 3.15. The van der Waals surface area contributed by atoms with E-state index >= 15 is 0 Å². The van der Waals surface area contributed by atoms with Gasteiger partial charge in [0, 0.05) is 20.6 Å². The van der Waals surface area contributed by atoms with Gasteiger partial charge in [0.25, 0.3) is 5.91 Å². The van der Waals surface area contributed by atoms with Gasteiger partial charge in [0.2, 0.25) is 15.9 Å². The Kier molecular flexibility index (Phi) is 7.08. The van der Waals surface area contributed by atoms with Crippen molar-refractivity contribution in [2.24, 2.45) is 0 Å². The number of rotatable bonds is 7. The number of carbonyl (C=O) groups excluding carboxylic acids is 3. The van der Waals surface area contributed by atoms with Crippen LogP contribution in [0, 0.1) is 5.82 Å². The van der Waals surface area contributed by atoms with Crippen LogP contribution >= 0.6 is 0 Å². The number of hydrogen-bond donors (Lipinski definition) is 1. The van der Waals surface area contributed by atoms with E-state index in [0.29, 0.717) is 6.42 Å². The minimum Gasteiger partial charge on any atom is -0.454 e. The van der Waals surface area contributed by atoms with Crippen molar-refractivity contribution in [3.63, 3.8) is 0 Å². The molecule has 1 aromatic carbocycles. The molecule has 1 saturated heterocycles. The fraction of sp³-hybridized carbons (Fsp3) is 0.471. The summed E-state index contributed by atoms with van der Waals surface area (Å²) in [6.07, 6.45) is 0.601. The molecule has 9 nitrogen and oxygen atoms in total. The SMILES string of the molecule is CN(C)C(=O)CNC(=O)COC(=O)[C@@H]1CCCN1S(=O)(=O)c1ccccc1F. The fourth-order valence-electron chi connectivity index (χ4n) is 2.66. The molecular weight excluding hydrogens is 393 g/mol. The van der Waals surface area contributed by atoms with Crippen LogP contribution in [0.5, 0.6) is 0 Å². The highest BCUT2D eigenvalue weighted by molar-refractivity contribution is 7.89. The Morgan fingerprint density at radius 2 is 1.96 bits per heavy atom. The minimum absolute atomic E-state index is 0.0416. The van der Waals surface area contributed by atoms with Gasteiger partial charge in [-0.1, -0.05) is 12.1 Å². The maximum atomic E-state index is 13.9.